The maximum Gasteiger partial charge on any atom is 0.239 e. The average Bonchev–Trinajstić information content (AvgIpc) is 3.04. The van der Waals surface area contributed by atoms with Crippen LogP contribution in [0.4, 0.5) is 11.5 Å². The number of piperazine rings is 1. The zero-order valence-corrected chi connectivity index (χ0v) is 16.6. The number of aryl methyl sites for hydroxylation is 3. The normalized spacial score (nSPS) is 15.4. The van der Waals surface area contributed by atoms with Crippen LogP contribution in [0.5, 0.6) is 0 Å². The van der Waals surface area contributed by atoms with Crippen LogP contribution in [-0.4, -0.2) is 66.0 Å². The molecule has 8 nitrogen and oxygen atoms in total. The molecule has 1 aliphatic rings. The number of carbonyl (C=O) groups is 2. The molecule has 0 unspecified atom stereocenters. The molecule has 28 heavy (non-hydrogen) atoms. The highest BCUT2D eigenvalue weighted by Gasteiger charge is 2.21. The molecule has 8 heteroatoms. The van der Waals surface area contributed by atoms with Crippen molar-refractivity contribution in [1.82, 2.24) is 15.0 Å². The molecule has 1 aromatic carbocycles. The van der Waals surface area contributed by atoms with Gasteiger partial charge in [0.1, 0.15) is 5.76 Å². The Balaban J connectivity index is 1.40. The minimum Gasteiger partial charge on any atom is -0.360 e. The zero-order valence-electron chi connectivity index (χ0n) is 16.6. The van der Waals surface area contributed by atoms with Crippen LogP contribution in [0.1, 0.15) is 16.9 Å². The number of rotatable bonds is 6. The summed E-state index contributed by atoms with van der Waals surface area (Å²) in [7, 11) is 0. The van der Waals surface area contributed by atoms with Gasteiger partial charge in [0.25, 0.3) is 0 Å². The van der Waals surface area contributed by atoms with Crippen molar-refractivity contribution in [2.24, 2.45) is 0 Å². The van der Waals surface area contributed by atoms with Gasteiger partial charge >= 0.3 is 0 Å². The van der Waals surface area contributed by atoms with Crippen molar-refractivity contribution in [1.29, 1.82) is 0 Å². The zero-order chi connectivity index (χ0) is 20.1. The number of anilines is 2. The summed E-state index contributed by atoms with van der Waals surface area (Å²) in [6, 6.07) is 7.71. The summed E-state index contributed by atoms with van der Waals surface area (Å²) in [6.07, 6.45) is 0. The van der Waals surface area contributed by atoms with Crippen molar-refractivity contribution in [2.75, 3.05) is 49.9 Å². The van der Waals surface area contributed by atoms with Crippen molar-refractivity contribution in [2.45, 2.75) is 20.8 Å². The number of amides is 2. The third-order valence-corrected chi connectivity index (χ3v) is 4.76. The van der Waals surface area contributed by atoms with Crippen LogP contribution >= 0.6 is 0 Å². The fourth-order valence-corrected chi connectivity index (χ4v) is 3.18. The Morgan fingerprint density at radius 1 is 0.964 bits per heavy atom. The first-order valence-corrected chi connectivity index (χ1v) is 9.44. The molecule has 0 bridgehead atoms. The molecule has 0 atom stereocenters. The van der Waals surface area contributed by atoms with Crippen LogP contribution in [-0.2, 0) is 9.59 Å². The lowest BCUT2D eigenvalue weighted by Crippen LogP contribution is -2.50. The first-order valence-electron chi connectivity index (χ1n) is 9.44. The fraction of sp³-hybridized carbons (Fsp3) is 0.450. The lowest BCUT2D eigenvalue weighted by atomic mass is 10.1. The second-order valence-corrected chi connectivity index (χ2v) is 7.29. The maximum absolute atomic E-state index is 12.4. The summed E-state index contributed by atoms with van der Waals surface area (Å²) in [6.45, 7) is 9.39. The summed E-state index contributed by atoms with van der Waals surface area (Å²) < 4.78 is 4.94. The minimum absolute atomic E-state index is 0.0127. The fourth-order valence-electron chi connectivity index (χ4n) is 3.18. The lowest BCUT2D eigenvalue weighted by Gasteiger charge is -2.33. The van der Waals surface area contributed by atoms with Gasteiger partial charge in [0, 0.05) is 37.9 Å². The van der Waals surface area contributed by atoms with E-state index in [1.807, 2.05) is 32.0 Å². The number of hydrogen-bond acceptors (Lipinski definition) is 6. The van der Waals surface area contributed by atoms with E-state index < -0.39 is 0 Å². The minimum atomic E-state index is -0.116. The SMILES string of the molecule is Cc1ccc(C)c(NC(=O)CN2CCN(CC(=O)Nc3cc(C)on3)CC2)c1. The molecule has 1 aromatic heterocycles. The Morgan fingerprint density at radius 3 is 2.14 bits per heavy atom. The molecule has 0 radical (unpaired) electrons. The molecule has 150 valence electrons. The van der Waals surface area contributed by atoms with Crippen LogP contribution in [0.15, 0.2) is 28.8 Å². The van der Waals surface area contributed by atoms with E-state index in [9.17, 15) is 9.59 Å². The molecule has 0 saturated carbocycles. The number of carbonyl (C=O) groups excluding carboxylic acids is 2. The van der Waals surface area contributed by atoms with E-state index in [2.05, 4.69) is 25.6 Å². The Kier molecular flexibility index (Phi) is 6.43. The first-order chi connectivity index (χ1) is 13.4. The van der Waals surface area contributed by atoms with Gasteiger partial charge in [0.15, 0.2) is 5.82 Å². The third-order valence-electron chi connectivity index (χ3n) is 4.76. The van der Waals surface area contributed by atoms with Gasteiger partial charge < -0.3 is 15.2 Å². The van der Waals surface area contributed by atoms with E-state index in [-0.39, 0.29) is 11.8 Å². The molecule has 2 amide bonds. The summed E-state index contributed by atoms with van der Waals surface area (Å²) in [5, 5.41) is 9.49. The third kappa shape index (κ3) is 5.64. The highest BCUT2D eigenvalue weighted by atomic mass is 16.5. The number of nitrogens with zero attached hydrogens (tertiary/aromatic N) is 3. The highest BCUT2D eigenvalue weighted by molar-refractivity contribution is 5.93. The van der Waals surface area contributed by atoms with Crippen LogP contribution in [0, 0.1) is 20.8 Å². The van der Waals surface area contributed by atoms with E-state index in [4.69, 9.17) is 4.52 Å². The topological polar surface area (TPSA) is 90.7 Å². The average molecular weight is 385 g/mol. The monoisotopic (exact) mass is 385 g/mol. The highest BCUT2D eigenvalue weighted by Crippen LogP contribution is 2.16. The summed E-state index contributed by atoms with van der Waals surface area (Å²) >= 11 is 0. The van der Waals surface area contributed by atoms with Gasteiger partial charge in [-0.25, -0.2) is 0 Å². The summed E-state index contributed by atoms with van der Waals surface area (Å²) in [5.74, 6) is 0.961. The molecule has 0 spiro atoms. The second kappa shape index (κ2) is 8.99. The quantitative estimate of drug-likeness (QED) is 0.788. The first kappa shape index (κ1) is 20.0. The molecule has 0 aliphatic carbocycles. The van der Waals surface area contributed by atoms with Gasteiger partial charge in [-0.2, -0.15) is 0 Å². The molecule has 1 saturated heterocycles. The Bertz CT molecular complexity index is 840. The van der Waals surface area contributed by atoms with Crippen LogP contribution < -0.4 is 10.6 Å². The predicted molar refractivity (Wildman–Crippen MR) is 107 cm³/mol. The standard InChI is InChI=1S/C20H27N5O3/c1-14-4-5-15(2)17(10-14)21-19(26)12-24-6-8-25(9-7-24)13-20(27)22-18-11-16(3)28-23-18/h4-5,10-11H,6-9,12-13H2,1-3H3,(H,21,26)(H,22,23,27). The number of aromatic nitrogens is 1. The summed E-state index contributed by atoms with van der Waals surface area (Å²) in [5.41, 5.74) is 3.04. The lowest BCUT2D eigenvalue weighted by molar-refractivity contribution is -0.120. The Labute approximate surface area is 164 Å². The molecule has 3 rings (SSSR count). The van der Waals surface area contributed by atoms with Crippen LogP contribution in [0.25, 0.3) is 0 Å². The van der Waals surface area contributed by atoms with Crippen LogP contribution in [0.3, 0.4) is 0 Å². The second-order valence-electron chi connectivity index (χ2n) is 7.29. The van der Waals surface area contributed by atoms with Gasteiger partial charge in [-0.1, -0.05) is 17.3 Å². The number of hydrogen-bond donors (Lipinski definition) is 2. The van der Waals surface area contributed by atoms with E-state index in [1.165, 1.54) is 0 Å². The number of nitrogens with one attached hydrogen (secondary N) is 2. The van der Waals surface area contributed by atoms with Gasteiger partial charge in [0.05, 0.1) is 13.1 Å². The molecular formula is C20H27N5O3. The van der Waals surface area contributed by atoms with Crippen molar-refractivity contribution in [3.63, 3.8) is 0 Å². The molecule has 2 aromatic rings. The van der Waals surface area contributed by atoms with Crippen molar-refractivity contribution in [3.05, 3.63) is 41.2 Å². The predicted octanol–water partition coefficient (Wildman–Crippen LogP) is 1.79. The van der Waals surface area contributed by atoms with Crippen molar-refractivity contribution in [3.8, 4) is 0 Å². The number of benzene rings is 1. The van der Waals surface area contributed by atoms with Gasteiger partial charge in [-0.3, -0.25) is 19.4 Å². The van der Waals surface area contributed by atoms with E-state index in [0.717, 1.165) is 43.0 Å². The van der Waals surface area contributed by atoms with E-state index in [0.29, 0.717) is 24.7 Å². The molecule has 1 fully saturated rings. The van der Waals surface area contributed by atoms with Crippen molar-refractivity contribution < 1.29 is 14.1 Å². The summed E-state index contributed by atoms with van der Waals surface area (Å²) in [4.78, 5) is 28.6. The molecule has 2 heterocycles. The Morgan fingerprint density at radius 2 is 1.57 bits per heavy atom. The van der Waals surface area contributed by atoms with Gasteiger partial charge in [-0.15, -0.1) is 0 Å². The van der Waals surface area contributed by atoms with Gasteiger partial charge in [0.2, 0.25) is 11.8 Å². The van der Waals surface area contributed by atoms with E-state index >= 15 is 0 Å². The molecule has 2 N–H and O–H groups in total. The maximum atomic E-state index is 12.4. The largest absolute Gasteiger partial charge is 0.360 e. The molecular weight excluding hydrogens is 358 g/mol. The van der Waals surface area contributed by atoms with Crippen molar-refractivity contribution >= 4 is 23.3 Å². The molecule has 1 aliphatic heterocycles. The van der Waals surface area contributed by atoms with E-state index in [1.54, 1.807) is 13.0 Å². The smallest absolute Gasteiger partial charge is 0.239 e. The van der Waals surface area contributed by atoms with Crippen LogP contribution in [0.2, 0.25) is 0 Å². The van der Waals surface area contributed by atoms with Gasteiger partial charge in [-0.05, 0) is 38.0 Å². The Hall–Kier alpha value is -2.71.